The monoisotopic (exact) mass is 309 g/mol. The normalized spacial score (nSPS) is 21.3. The first-order valence-electron chi connectivity index (χ1n) is 7.60. The smallest absolute Gasteiger partial charge is 0.313 e. The van der Waals surface area contributed by atoms with E-state index in [0.29, 0.717) is 18.7 Å². The zero-order valence-corrected chi connectivity index (χ0v) is 13.3. The molecule has 6 heteroatoms. The number of likely N-dealkylation sites (tertiary alicyclic amines) is 1. The van der Waals surface area contributed by atoms with Gasteiger partial charge in [-0.25, -0.2) is 0 Å². The molecule has 1 aliphatic heterocycles. The van der Waals surface area contributed by atoms with Crippen LogP contribution >= 0.6 is 0 Å². The van der Waals surface area contributed by atoms with Gasteiger partial charge in [-0.05, 0) is 24.5 Å². The van der Waals surface area contributed by atoms with Gasteiger partial charge in [0.1, 0.15) is 11.2 Å². The lowest BCUT2D eigenvalue weighted by molar-refractivity contribution is -0.151. The van der Waals surface area contributed by atoms with Gasteiger partial charge in [0.25, 0.3) is 5.91 Å². The number of amides is 1. The van der Waals surface area contributed by atoms with Crippen LogP contribution in [0.15, 0.2) is 10.5 Å². The summed E-state index contributed by atoms with van der Waals surface area (Å²) in [7, 11) is 1.47. The minimum atomic E-state index is -1.02. The maximum absolute atomic E-state index is 12.6. The van der Waals surface area contributed by atoms with E-state index in [1.807, 2.05) is 13.8 Å². The lowest BCUT2D eigenvalue weighted by Gasteiger charge is -2.23. The predicted molar refractivity (Wildman–Crippen MR) is 79.9 cm³/mol. The molecule has 1 aromatic heterocycles. The van der Waals surface area contributed by atoms with E-state index in [4.69, 9.17) is 9.15 Å². The Morgan fingerprint density at radius 1 is 1.41 bits per heavy atom. The number of nitrogens with zero attached hydrogens (tertiary/aromatic N) is 1. The molecule has 1 saturated heterocycles. The van der Waals surface area contributed by atoms with Gasteiger partial charge >= 0.3 is 5.97 Å². The summed E-state index contributed by atoms with van der Waals surface area (Å²) in [4.78, 5) is 25.6. The lowest BCUT2D eigenvalue weighted by Crippen LogP contribution is -2.40. The molecule has 0 aliphatic carbocycles. The van der Waals surface area contributed by atoms with Crippen molar-refractivity contribution in [3.05, 3.63) is 23.2 Å². The molecular weight excluding hydrogens is 286 g/mol. The number of hydrogen-bond acceptors (Lipinski definition) is 4. The van der Waals surface area contributed by atoms with Crippen LogP contribution in [0.1, 0.15) is 42.1 Å². The van der Waals surface area contributed by atoms with Crippen molar-refractivity contribution in [1.29, 1.82) is 0 Å². The van der Waals surface area contributed by atoms with Crippen LogP contribution in [0.3, 0.4) is 0 Å². The van der Waals surface area contributed by atoms with Gasteiger partial charge in [0, 0.05) is 26.6 Å². The molecule has 2 heterocycles. The molecule has 0 saturated carbocycles. The summed E-state index contributed by atoms with van der Waals surface area (Å²) < 4.78 is 10.7. The summed E-state index contributed by atoms with van der Waals surface area (Å²) in [5.74, 6) is -0.0417. The van der Waals surface area contributed by atoms with Crippen molar-refractivity contribution in [2.45, 2.75) is 33.1 Å². The fraction of sp³-hybridized carbons (Fsp3) is 0.625. The van der Waals surface area contributed by atoms with Crippen LogP contribution in [-0.4, -0.2) is 48.7 Å². The zero-order chi connectivity index (χ0) is 16.3. The van der Waals surface area contributed by atoms with E-state index in [-0.39, 0.29) is 19.1 Å². The molecule has 1 atom stereocenters. The second kappa shape index (κ2) is 6.52. The van der Waals surface area contributed by atoms with Gasteiger partial charge in [0.05, 0.1) is 6.61 Å². The highest BCUT2D eigenvalue weighted by Crippen LogP contribution is 2.32. The number of hydrogen-bond donors (Lipinski definition) is 1. The Labute approximate surface area is 130 Å². The first-order chi connectivity index (χ1) is 10.5. The molecular formula is C16H23NO5. The third-order valence-corrected chi connectivity index (χ3v) is 4.32. The fourth-order valence-electron chi connectivity index (χ4n) is 3.00. The first kappa shape index (κ1) is 16.5. The number of carboxylic acid groups (broad SMARTS) is 1. The Balaban J connectivity index is 2.17. The number of aryl methyl sites for hydroxylation is 2. The molecule has 0 aromatic carbocycles. The molecule has 2 rings (SSSR count). The Morgan fingerprint density at radius 3 is 2.64 bits per heavy atom. The lowest BCUT2D eigenvalue weighted by atomic mass is 9.88. The largest absolute Gasteiger partial charge is 0.481 e. The van der Waals surface area contributed by atoms with Crippen LogP contribution in [0.25, 0.3) is 0 Å². The number of furan rings is 1. The van der Waals surface area contributed by atoms with Gasteiger partial charge in [0.2, 0.25) is 0 Å². The molecule has 1 aliphatic rings. The van der Waals surface area contributed by atoms with Crippen molar-refractivity contribution < 1.29 is 23.8 Å². The van der Waals surface area contributed by atoms with Crippen molar-refractivity contribution in [3.63, 3.8) is 0 Å². The van der Waals surface area contributed by atoms with Crippen LogP contribution in [0.5, 0.6) is 0 Å². The number of carbonyl (C=O) groups is 2. The molecule has 0 radical (unpaired) electrons. The summed E-state index contributed by atoms with van der Waals surface area (Å²) in [5.41, 5.74) is 0.0180. The first-order valence-corrected chi connectivity index (χ1v) is 7.60. The Morgan fingerprint density at radius 2 is 2.14 bits per heavy atom. The SMILES string of the molecule is CCc1cc(C(=O)N2CCC(COC)(C(=O)O)C2)oc1CC. The van der Waals surface area contributed by atoms with Crippen molar-refractivity contribution in [2.75, 3.05) is 26.8 Å². The van der Waals surface area contributed by atoms with Gasteiger partial charge in [0.15, 0.2) is 5.76 Å². The minimum absolute atomic E-state index is 0.102. The van der Waals surface area contributed by atoms with E-state index in [1.54, 1.807) is 11.0 Å². The standard InChI is InChI=1S/C16H23NO5/c1-4-11-8-13(22-12(11)5-2)14(18)17-7-6-16(9-17,10-21-3)15(19)20/h8H,4-7,9-10H2,1-3H3,(H,19,20). The Kier molecular flexibility index (Phi) is 4.90. The summed E-state index contributed by atoms with van der Waals surface area (Å²) in [6.45, 7) is 4.65. The summed E-state index contributed by atoms with van der Waals surface area (Å²) in [6, 6.07) is 1.78. The van der Waals surface area contributed by atoms with Gasteiger partial charge in [-0.3, -0.25) is 9.59 Å². The highest BCUT2D eigenvalue weighted by molar-refractivity contribution is 5.93. The number of carboxylic acids is 1. The summed E-state index contributed by atoms with van der Waals surface area (Å²) >= 11 is 0. The Hall–Kier alpha value is -1.82. The van der Waals surface area contributed by atoms with Crippen LogP contribution in [-0.2, 0) is 22.4 Å². The van der Waals surface area contributed by atoms with Gasteiger partial charge in [-0.2, -0.15) is 0 Å². The molecule has 1 fully saturated rings. The minimum Gasteiger partial charge on any atom is -0.481 e. The molecule has 0 bridgehead atoms. The average Bonchev–Trinajstić information content (AvgIpc) is 3.11. The molecule has 6 nitrogen and oxygen atoms in total. The highest BCUT2D eigenvalue weighted by Gasteiger charge is 2.47. The highest BCUT2D eigenvalue weighted by atomic mass is 16.5. The maximum atomic E-state index is 12.6. The molecule has 1 aromatic rings. The number of aliphatic carboxylic acids is 1. The molecule has 1 amide bonds. The van der Waals surface area contributed by atoms with Crippen LogP contribution < -0.4 is 0 Å². The molecule has 22 heavy (non-hydrogen) atoms. The van der Waals surface area contributed by atoms with E-state index in [2.05, 4.69) is 0 Å². The van der Waals surface area contributed by atoms with Crippen molar-refractivity contribution in [2.24, 2.45) is 5.41 Å². The van der Waals surface area contributed by atoms with Gasteiger partial charge in [-0.1, -0.05) is 13.8 Å². The average molecular weight is 309 g/mol. The maximum Gasteiger partial charge on any atom is 0.313 e. The van der Waals surface area contributed by atoms with E-state index < -0.39 is 11.4 Å². The molecule has 122 valence electrons. The van der Waals surface area contributed by atoms with Crippen LogP contribution in [0.2, 0.25) is 0 Å². The quantitative estimate of drug-likeness (QED) is 0.869. The Bertz CT molecular complexity index is 543. The molecule has 1 N–H and O–H groups in total. The molecule has 1 unspecified atom stereocenters. The second-order valence-corrected chi connectivity index (χ2v) is 5.76. The van der Waals surface area contributed by atoms with Gasteiger partial charge in [-0.15, -0.1) is 0 Å². The predicted octanol–water partition coefficient (Wildman–Crippen LogP) is 1.97. The number of rotatable bonds is 6. The van der Waals surface area contributed by atoms with Crippen LogP contribution in [0.4, 0.5) is 0 Å². The topological polar surface area (TPSA) is 80.0 Å². The summed E-state index contributed by atoms with van der Waals surface area (Å²) in [6.07, 6.45) is 1.94. The molecule has 0 spiro atoms. The van der Waals surface area contributed by atoms with E-state index in [1.165, 1.54) is 7.11 Å². The number of methoxy groups -OCH3 is 1. The van der Waals surface area contributed by atoms with Crippen molar-refractivity contribution in [1.82, 2.24) is 4.90 Å². The number of carbonyl (C=O) groups excluding carboxylic acids is 1. The van der Waals surface area contributed by atoms with E-state index in [9.17, 15) is 14.7 Å². The van der Waals surface area contributed by atoms with Crippen molar-refractivity contribution >= 4 is 11.9 Å². The van der Waals surface area contributed by atoms with Crippen LogP contribution in [0, 0.1) is 5.41 Å². The third kappa shape index (κ3) is 2.88. The summed E-state index contributed by atoms with van der Waals surface area (Å²) in [5, 5.41) is 9.45. The van der Waals surface area contributed by atoms with E-state index >= 15 is 0 Å². The zero-order valence-electron chi connectivity index (χ0n) is 13.3. The van der Waals surface area contributed by atoms with Crippen molar-refractivity contribution in [3.8, 4) is 0 Å². The third-order valence-electron chi connectivity index (χ3n) is 4.32. The number of ether oxygens (including phenoxy) is 1. The van der Waals surface area contributed by atoms with Gasteiger partial charge < -0.3 is 19.2 Å². The second-order valence-electron chi connectivity index (χ2n) is 5.76. The van der Waals surface area contributed by atoms with E-state index in [0.717, 1.165) is 24.2 Å². The fourth-order valence-corrected chi connectivity index (χ4v) is 3.00.